The van der Waals surface area contributed by atoms with Gasteiger partial charge < -0.3 is 15.0 Å². The minimum Gasteiger partial charge on any atom is -0.494 e. The summed E-state index contributed by atoms with van der Waals surface area (Å²) in [6.07, 6.45) is 9.31. The molecule has 1 unspecified atom stereocenters. The molecule has 2 fully saturated rings. The van der Waals surface area contributed by atoms with Gasteiger partial charge in [-0.05, 0) is 80.3 Å². The quantitative estimate of drug-likeness (QED) is 0.423. The van der Waals surface area contributed by atoms with Crippen molar-refractivity contribution in [1.29, 1.82) is 0 Å². The van der Waals surface area contributed by atoms with Crippen LogP contribution >= 0.6 is 0 Å². The van der Waals surface area contributed by atoms with Crippen LogP contribution in [0.15, 0.2) is 48.5 Å². The Hall–Kier alpha value is -2.35. The molecular weight excluding hydrogens is 406 g/mol. The molecule has 1 saturated carbocycles. The molecule has 2 heterocycles. The SMILES string of the molecule is [C-]#[N+]c1ccc(OCCCN2CCC(C3(C4CCCC4)CNCc4ccccc43)CC2)cc1. The predicted octanol–water partition coefficient (Wildman–Crippen LogP) is 5.95. The molecule has 174 valence electrons. The lowest BCUT2D eigenvalue weighted by molar-refractivity contribution is 0.0774. The van der Waals surface area contributed by atoms with Gasteiger partial charge in [0.05, 0.1) is 13.2 Å². The summed E-state index contributed by atoms with van der Waals surface area (Å²) in [7, 11) is 0. The highest BCUT2D eigenvalue weighted by Gasteiger charge is 2.49. The third-order valence-electron chi connectivity index (χ3n) is 8.50. The minimum atomic E-state index is 0.331. The van der Waals surface area contributed by atoms with Crippen LogP contribution in [0.5, 0.6) is 5.75 Å². The summed E-state index contributed by atoms with van der Waals surface area (Å²) in [4.78, 5) is 6.08. The van der Waals surface area contributed by atoms with Crippen LogP contribution < -0.4 is 10.1 Å². The van der Waals surface area contributed by atoms with E-state index in [-0.39, 0.29) is 0 Å². The van der Waals surface area contributed by atoms with Crippen molar-refractivity contribution in [3.63, 3.8) is 0 Å². The van der Waals surface area contributed by atoms with Gasteiger partial charge in [0.15, 0.2) is 5.69 Å². The first kappa shape index (κ1) is 22.4. The maximum absolute atomic E-state index is 7.05. The Kier molecular flexibility index (Phi) is 6.99. The molecule has 4 heteroatoms. The van der Waals surface area contributed by atoms with Crippen LogP contribution in [0.25, 0.3) is 4.85 Å². The topological polar surface area (TPSA) is 28.9 Å². The zero-order chi connectivity index (χ0) is 22.5. The Morgan fingerprint density at radius 2 is 1.70 bits per heavy atom. The molecule has 5 rings (SSSR count). The molecule has 33 heavy (non-hydrogen) atoms. The first-order valence-corrected chi connectivity index (χ1v) is 12.9. The lowest BCUT2D eigenvalue weighted by Gasteiger charge is -2.52. The molecule has 0 bridgehead atoms. The van der Waals surface area contributed by atoms with E-state index < -0.39 is 0 Å². The van der Waals surface area contributed by atoms with Crippen molar-refractivity contribution in [2.45, 2.75) is 56.9 Å². The standard InChI is InChI=1S/C29H37N3O/c1-30-26-11-13-27(14-12-26)33-20-6-17-32-18-15-25(16-19-32)29(24-8-3-4-9-24)22-31-21-23-7-2-5-10-28(23)29/h2,5,7,10-14,24-25,31H,3-4,6,8-9,15-22H2. The average Bonchev–Trinajstić information content (AvgIpc) is 3.43. The molecule has 2 aromatic carbocycles. The molecule has 0 amide bonds. The van der Waals surface area contributed by atoms with Crippen LogP contribution in [0, 0.1) is 18.4 Å². The highest BCUT2D eigenvalue weighted by molar-refractivity contribution is 5.47. The summed E-state index contributed by atoms with van der Waals surface area (Å²) in [5.41, 5.74) is 4.21. The number of hydrogen-bond acceptors (Lipinski definition) is 3. The largest absolute Gasteiger partial charge is 0.494 e. The van der Waals surface area contributed by atoms with Gasteiger partial charge in [-0.25, -0.2) is 4.85 Å². The molecule has 1 N–H and O–H groups in total. The maximum atomic E-state index is 7.05. The number of hydrogen-bond donors (Lipinski definition) is 1. The van der Waals surface area contributed by atoms with Gasteiger partial charge in [-0.15, -0.1) is 0 Å². The van der Waals surface area contributed by atoms with Gasteiger partial charge in [-0.1, -0.05) is 49.2 Å². The number of nitrogens with zero attached hydrogens (tertiary/aromatic N) is 2. The molecule has 0 radical (unpaired) electrons. The van der Waals surface area contributed by atoms with Gasteiger partial charge in [0.2, 0.25) is 0 Å². The third kappa shape index (κ3) is 4.67. The number of ether oxygens (including phenoxy) is 1. The number of likely N-dealkylation sites (tertiary alicyclic amines) is 1. The first-order valence-electron chi connectivity index (χ1n) is 12.9. The smallest absolute Gasteiger partial charge is 0.187 e. The van der Waals surface area contributed by atoms with Crippen LogP contribution in [-0.2, 0) is 12.0 Å². The molecule has 2 aromatic rings. The molecule has 3 aliphatic rings. The summed E-state index contributed by atoms with van der Waals surface area (Å²) in [5.74, 6) is 2.48. The van der Waals surface area contributed by atoms with Crippen LogP contribution in [0.3, 0.4) is 0 Å². The second-order valence-corrected chi connectivity index (χ2v) is 10.2. The van der Waals surface area contributed by atoms with E-state index in [1.165, 1.54) is 58.2 Å². The summed E-state index contributed by atoms with van der Waals surface area (Å²) in [6, 6.07) is 16.8. The van der Waals surface area contributed by atoms with Gasteiger partial charge in [0.25, 0.3) is 0 Å². The minimum absolute atomic E-state index is 0.331. The lowest BCUT2D eigenvalue weighted by atomic mass is 9.57. The van der Waals surface area contributed by atoms with E-state index in [0.29, 0.717) is 11.1 Å². The third-order valence-corrected chi connectivity index (χ3v) is 8.50. The molecule has 1 saturated heterocycles. The van der Waals surface area contributed by atoms with Crippen LogP contribution in [0.2, 0.25) is 0 Å². The Bertz CT molecular complexity index is 952. The van der Waals surface area contributed by atoms with Gasteiger partial charge in [0, 0.05) is 25.0 Å². The molecule has 1 atom stereocenters. The van der Waals surface area contributed by atoms with E-state index in [0.717, 1.165) is 43.7 Å². The number of piperidine rings is 1. The van der Waals surface area contributed by atoms with Gasteiger partial charge in [-0.2, -0.15) is 0 Å². The van der Waals surface area contributed by atoms with Crippen LogP contribution in [-0.4, -0.2) is 37.7 Å². The zero-order valence-corrected chi connectivity index (χ0v) is 19.8. The molecule has 0 aromatic heterocycles. The lowest BCUT2D eigenvalue weighted by Crippen LogP contribution is -2.55. The fraction of sp³-hybridized carbons (Fsp3) is 0.552. The normalized spacial score (nSPS) is 24.3. The van der Waals surface area contributed by atoms with E-state index in [2.05, 4.69) is 39.3 Å². The zero-order valence-electron chi connectivity index (χ0n) is 19.8. The van der Waals surface area contributed by atoms with Gasteiger partial charge >= 0.3 is 0 Å². The van der Waals surface area contributed by atoms with Crippen molar-refractivity contribution < 1.29 is 4.74 Å². The number of fused-ring (bicyclic) bond motifs is 1. The summed E-state index contributed by atoms with van der Waals surface area (Å²) >= 11 is 0. The molecule has 4 nitrogen and oxygen atoms in total. The highest BCUT2D eigenvalue weighted by Crippen LogP contribution is 2.51. The molecule has 1 aliphatic carbocycles. The van der Waals surface area contributed by atoms with Gasteiger partial charge in [0.1, 0.15) is 5.75 Å². The monoisotopic (exact) mass is 443 g/mol. The van der Waals surface area contributed by atoms with Crippen molar-refractivity contribution in [1.82, 2.24) is 10.2 Å². The highest BCUT2D eigenvalue weighted by atomic mass is 16.5. The van der Waals surface area contributed by atoms with E-state index in [1.807, 2.05) is 24.3 Å². The van der Waals surface area contributed by atoms with Crippen molar-refractivity contribution in [2.75, 3.05) is 32.8 Å². The number of rotatable bonds is 7. The summed E-state index contributed by atoms with van der Waals surface area (Å²) in [6.45, 7) is 13.5. The summed E-state index contributed by atoms with van der Waals surface area (Å²) in [5, 5.41) is 3.84. The van der Waals surface area contributed by atoms with Crippen LogP contribution in [0.4, 0.5) is 5.69 Å². The second-order valence-electron chi connectivity index (χ2n) is 10.2. The fourth-order valence-electron chi connectivity index (χ4n) is 6.90. The van der Waals surface area contributed by atoms with E-state index in [4.69, 9.17) is 11.3 Å². The first-order chi connectivity index (χ1) is 16.3. The average molecular weight is 444 g/mol. The fourth-order valence-corrected chi connectivity index (χ4v) is 6.90. The van der Waals surface area contributed by atoms with Crippen molar-refractivity contribution in [3.05, 3.63) is 71.1 Å². The van der Waals surface area contributed by atoms with Crippen molar-refractivity contribution in [2.24, 2.45) is 11.8 Å². The van der Waals surface area contributed by atoms with Gasteiger partial charge in [-0.3, -0.25) is 0 Å². The predicted molar refractivity (Wildman–Crippen MR) is 134 cm³/mol. The molecular formula is C29H37N3O. The second kappa shape index (κ2) is 10.3. The van der Waals surface area contributed by atoms with Crippen molar-refractivity contribution in [3.8, 4) is 5.75 Å². The van der Waals surface area contributed by atoms with E-state index >= 15 is 0 Å². The number of benzene rings is 2. The van der Waals surface area contributed by atoms with Crippen molar-refractivity contribution >= 4 is 5.69 Å². The Morgan fingerprint density at radius 1 is 0.970 bits per heavy atom. The Balaban J connectivity index is 1.17. The maximum Gasteiger partial charge on any atom is 0.187 e. The molecule has 0 spiro atoms. The van der Waals surface area contributed by atoms with E-state index in [9.17, 15) is 0 Å². The molecule has 2 aliphatic heterocycles. The van der Waals surface area contributed by atoms with E-state index in [1.54, 1.807) is 11.1 Å². The number of nitrogens with one attached hydrogen (secondary N) is 1. The summed E-state index contributed by atoms with van der Waals surface area (Å²) < 4.78 is 5.90. The Labute approximate surface area is 199 Å². The Morgan fingerprint density at radius 3 is 2.45 bits per heavy atom. The van der Waals surface area contributed by atoms with Crippen LogP contribution in [0.1, 0.15) is 56.1 Å².